The summed E-state index contributed by atoms with van der Waals surface area (Å²) in [6.45, 7) is 1.04. The quantitative estimate of drug-likeness (QED) is 0.185. The number of nitro groups is 1. The molecule has 0 aliphatic carbocycles. The van der Waals surface area contributed by atoms with Crippen molar-refractivity contribution < 1.29 is 28.4 Å². The lowest BCUT2D eigenvalue weighted by Gasteiger charge is -2.21. The van der Waals surface area contributed by atoms with Crippen LogP contribution < -0.4 is 23.5 Å². The average molecular weight is 525 g/mol. The molecule has 2 aromatic heterocycles. The maximum atomic E-state index is 11.4. The fraction of sp³-hybridized carbons (Fsp3) is 0.233. The number of ether oxygens (including phenoxy) is 4. The van der Waals surface area contributed by atoms with Gasteiger partial charge in [-0.05, 0) is 54.3 Å². The first-order chi connectivity index (χ1) is 19.1. The molecule has 9 heteroatoms. The molecule has 0 saturated heterocycles. The predicted octanol–water partition coefficient (Wildman–Crippen LogP) is 5.27. The lowest BCUT2D eigenvalue weighted by molar-refractivity contribution is -0.686. The zero-order valence-electron chi connectivity index (χ0n) is 21.6. The van der Waals surface area contributed by atoms with Crippen molar-refractivity contribution in [1.82, 2.24) is 4.98 Å². The van der Waals surface area contributed by atoms with Crippen LogP contribution in [0.1, 0.15) is 16.7 Å². The highest BCUT2D eigenvalue weighted by atomic mass is 16.7. The van der Waals surface area contributed by atoms with E-state index < -0.39 is 0 Å². The van der Waals surface area contributed by atoms with Gasteiger partial charge in [-0.25, -0.2) is 0 Å². The molecule has 1 N–H and O–H groups in total. The van der Waals surface area contributed by atoms with Crippen LogP contribution in [0.2, 0.25) is 0 Å². The van der Waals surface area contributed by atoms with Gasteiger partial charge in [0.15, 0.2) is 35.7 Å². The van der Waals surface area contributed by atoms with E-state index in [-0.39, 0.29) is 17.4 Å². The number of non-ortho nitro benzene ring substituents is 1. The molecule has 196 valence electrons. The fourth-order valence-electron chi connectivity index (χ4n) is 6.01. The van der Waals surface area contributed by atoms with Gasteiger partial charge in [0.25, 0.3) is 5.69 Å². The normalized spacial score (nSPS) is 13.4. The summed E-state index contributed by atoms with van der Waals surface area (Å²) in [5, 5.41) is 14.4. The van der Waals surface area contributed by atoms with Gasteiger partial charge >= 0.3 is 0 Å². The zero-order chi connectivity index (χ0) is 26.7. The van der Waals surface area contributed by atoms with E-state index in [9.17, 15) is 10.1 Å². The number of H-pyrrole nitrogens is 1. The number of benzene rings is 3. The number of aromatic nitrogens is 2. The molecule has 39 heavy (non-hydrogen) atoms. The zero-order valence-corrected chi connectivity index (χ0v) is 21.6. The number of pyridine rings is 1. The van der Waals surface area contributed by atoms with Crippen molar-refractivity contribution in [2.24, 2.45) is 0 Å². The van der Waals surface area contributed by atoms with Gasteiger partial charge in [-0.1, -0.05) is 0 Å². The van der Waals surface area contributed by atoms with Crippen molar-refractivity contribution in [3.63, 3.8) is 0 Å². The monoisotopic (exact) mass is 524 g/mol. The number of nitrogens with zero attached hydrogens (tertiary/aromatic N) is 2. The Morgan fingerprint density at radius 1 is 1.00 bits per heavy atom. The number of nitro benzene ring substituents is 1. The minimum atomic E-state index is -0.352. The van der Waals surface area contributed by atoms with Crippen LogP contribution in [0.5, 0.6) is 23.0 Å². The third-order valence-corrected chi connectivity index (χ3v) is 7.85. The summed E-state index contributed by atoms with van der Waals surface area (Å²) in [7, 11) is 3.31. The molecular formula is C30H26N3O6+. The van der Waals surface area contributed by atoms with Crippen LogP contribution >= 0.6 is 0 Å². The van der Waals surface area contributed by atoms with E-state index in [0.29, 0.717) is 24.3 Å². The summed E-state index contributed by atoms with van der Waals surface area (Å²) in [5.41, 5.74) is 6.67. The van der Waals surface area contributed by atoms with Gasteiger partial charge in [0.1, 0.15) is 0 Å². The molecule has 0 spiro atoms. The molecule has 0 unspecified atom stereocenters. The molecule has 3 aromatic carbocycles. The Hall–Kier alpha value is -4.79. The molecule has 0 amide bonds. The molecule has 0 atom stereocenters. The molecule has 0 radical (unpaired) electrons. The number of fused-ring (bicyclic) bond motifs is 6. The minimum absolute atomic E-state index is 0.0864. The maximum Gasteiger partial charge on any atom is 0.270 e. The van der Waals surface area contributed by atoms with E-state index in [1.807, 2.05) is 12.3 Å². The first-order valence-corrected chi connectivity index (χ1v) is 12.8. The highest BCUT2D eigenvalue weighted by Gasteiger charge is 2.32. The van der Waals surface area contributed by atoms with Crippen molar-refractivity contribution in [2.75, 3.05) is 21.0 Å². The van der Waals surface area contributed by atoms with E-state index in [1.54, 1.807) is 26.4 Å². The topological polar surface area (TPSA) is 99.7 Å². The summed E-state index contributed by atoms with van der Waals surface area (Å²) >= 11 is 0. The number of hydrogen-bond donors (Lipinski definition) is 1. The number of rotatable bonds is 6. The van der Waals surface area contributed by atoms with Crippen LogP contribution in [0.3, 0.4) is 0 Å². The van der Waals surface area contributed by atoms with Gasteiger partial charge in [-0.15, -0.1) is 0 Å². The first kappa shape index (κ1) is 23.3. The molecule has 4 heterocycles. The van der Waals surface area contributed by atoms with Gasteiger partial charge in [0.05, 0.1) is 30.1 Å². The van der Waals surface area contributed by atoms with Gasteiger partial charge in [0, 0.05) is 46.6 Å². The second-order valence-corrected chi connectivity index (χ2v) is 9.83. The van der Waals surface area contributed by atoms with Crippen molar-refractivity contribution in [3.05, 3.63) is 81.7 Å². The average Bonchev–Trinajstić information content (AvgIpc) is 3.59. The van der Waals surface area contributed by atoms with Crippen molar-refractivity contribution in [2.45, 2.75) is 25.8 Å². The lowest BCUT2D eigenvalue weighted by atomic mass is 9.88. The largest absolute Gasteiger partial charge is 0.493 e. The number of nitrogens with one attached hydrogen (secondary N) is 1. The fourth-order valence-corrected chi connectivity index (χ4v) is 6.01. The standard InChI is InChI=1S/C30H26N3O6/c1-36-26-8-6-20-21(5-3-18-14-31-25-7-4-19(33(34)35)12-22(18)25)29-23-13-28-27(38-16-39-28)11-17(23)9-10-32(29)15-24(20)30(26)37-2/h4,6-8,11-15,31H,3,5,9-10,16H2,1-2H3/q+1. The molecule has 0 saturated carbocycles. The Bertz CT molecular complexity index is 1810. The summed E-state index contributed by atoms with van der Waals surface area (Å²) in [6, 6.07) is 13.2. The van der Waals surface area contributed by atoms with Crippen molar-refractivity contribution in [3.8, 4) is 34.3 Å². The Balaban J connectivity index is 1.42. The van der Waals surface area contributed by atoms with E-state index in [2.05, 4.69) is 33.9 Å². The second-order valence-electron chi connectivity index (χ2n) is 9.83. The molecule has 5 aromatic rings. The first-order valence-electron chi connectivity index (χ1n) is 12.8. The maximum absolute atomic E-state index is 11.4. The van der Waals surface area contributed by atoms with Gasteiger partial charge < -0.3 is 23.9 Å². The highest BCUT2D eigenvalue weighted by molar-refractivity contribution is 5.95. The minimum Gasteiger partial charge on any atom is -0.493 e. The SMILES string of the molecule is COc1ccc2c(CCc3c[nH]c4ccc([N+](=O)[O-])cc34)c3[n+](cc2c1OC)CCc1cc2c(cc1-3)OCO2. The van der Waals surface area contributed by atoms with Crippen LogP contribution in [-0.4, -0.2) is 30.9 Å². The molecule has 2 aliphatic heterocycles. The Morgan fingerprint density at radius 2 is 1.85 bits per heavy atom. The van der Waals surface area contributed by atoms with Crippen LogP contribution in [0.25, 0.3) is 32.9 Å². The summed E-state index contributed by atoms with van der Waals surface area (Å²) in [6.07, 6.45) is 6.38. The third kappa shape index (κ3) is 3.64. The van der Waals surface area contributed by atoms with Crippen molar-refractivity contribution in [1.29, 1.82) is 0 Å². The molecule has 9 nitrogen and oxygen atoms in total. The van der Waals surface area contributed by atoms with E-state index in [0.717, 1.165) is 63.0 Å². The van der Waals surface area contributed by atoms with Gasteiger partial charge in [-0.2, -0.15) is 4.57 Å². The van der Waals surface area contributed by atoms with Crippen LogP contribution in [0.15, 0.2) is 54.9 Å². The smallest absolute Gasteiger partial charge is 0.270 e. The molecule has 7 rings (SSSR count). The van der Waals surface area contributed by atoms with Gasteiger partial charge in [0.2, 0.25) is 12.5 Å². The lowest BCUT2D eigenvalue weighted by Crippen LogP contribution is -2.41. The van der Waals surface area contributed by atoms with Crippen LogP contribution in [-0.2, 0) is 25.8 Å². The summed E-state index contributed by atoms with van der Waals surface area (Å²) in [4.78, 5) is 14.3. The Kier molecular flexibility index (Phi) is 5.33. The molecule has 0 bridgehead atoms. The van der Waals surface area contributed by atoms with E-state index in [4.69, 9.17) is 18.9 Å². The summed E-state index contributed by atoms with van der Waals surface area (Å²) in [5.74, 6) is 2.92. The number of aryl methyl sites for hydroxylation is 4. The Morgan fingerprint density at radius 3 is 2.64 bits per heavy atom. The second kappa shape index (κ2) is 8.90. The third-order valence-electron chi connectivity index (χ3n) is 7.85. The highest BCUT2D eigenvalue weighted by Crippen LogP contribution is 2.44. The summed E-state index contributed by atoms with van der Waals surface area (Å²) < 4.78 is 25.1. The number of methoxy groups -OCH3 is 2. The number of hydrogen-bond acceptors (Lipinski definition) is 6. The molecule has 2 aliphatic rings. The number of aromatic amines is 1. The van der Waals surface area contributed by atoms with Crippen molar-refractivity contribution >= 4 is 27.4 Å². The van der Waals surface area contributed by atoms with E-state index in [1.165, 1.54) is 17.2 Å². The van der Waals surface area contributed by atoms with Crippen LogP contribution in [0.4, 0.5) is 5.69 Å². The van der Waals surface area contributed by atoms with Gasteiger partial charge in [-0.3, -0.25) is 10.1 Å². The Labute approximate surface area is 223 Å². The predicted molar refractivity (Wildman–Crippen MR) is 145 cm³/mol. The van der Waals surface area contributed by atoms with E-state index >= 15 is 0 Å². The molecule has 0 fully saturated rings. The van der Waals surface area contributed by atoms with Crippen LogP contribution in [0, 0.1) is 10.1 Å². The molecular weight excluding hydrogens is 498 g/mol.